The molecule has 0 saturated carbocycles. The fourth-order valence-corrected chi connectivity index (χ4v) is 2.52. The Hall–Kier alpha value is -2.10. The summed E-state index contributed by atoms with van der Waals surface area (Å²) in [5.41, 5.74) is 0.768. The first-order valence-corrected chi connectivity index (χ1v) is 6.91. The van der Waals surface area contributed by atoms with Crippen molar-refractivity contribution in [3.8, 4) is 17.6 Å². The molecule has 2 rings (SSSR count). The van der Waals surface area contributed by atoms with Gasteiger partial charge in [0.25, 0.3) is 0 Å². The number of aryl methyl sites for hydroxylation is 1. The summed E-state index contributed by atoms with van der Waals surface area (Å²) in [6, 6.07) is 9.50. The van der Waals surface area contributed by atoms with Crippen LogP contribution in [0.5, 0.6) is 11.5 Å². The summed E-state index contributed by atoms with van der Waals surface area (Å²) < 4.78 is 6.17. The van der Waals surface area contributed by atoms with E-state index in [0.29, 0.717) is 21.3 Å². The molecule has 7 heteroatoms. The maximum atomic E-state index is 11.1. The number of hydrogen-bond donors (Lipinski definition) is 0. The van der Waals surface area contributed by atoms with E-state index in [9.17, 15) is 10.1 Å². The van der Waals surface area contributed by atoms with Crippen molar-refractivity contribution in [2.75, 3.05) is 0 Å². The van der Waals surface area contributed by atoms with Crippen LogP contribution in [0, 0.1) is 28.4 Å². The molecule has 106 valence electrons. The van der Waals surface area contributed by atoms with E-state index in [1.165, 1.54) is 24.3 Å². The number of halogens is 2. The molecule has 21 heavy (non-hydrogen) atoms. The molecule has 0 aliphatic carbocycles. The van der Waals surface area contributed by atoms with Crippen LogP contribution in [-0.4, -0.2) is 4.92 Å². The molecule has 0 aromatic heterocycles. The normalized spacial score (nSPS) is 10.0. The van der Waals surface area contributed by atoms with Crippen LogP contribution in [-0.2, 0) is 0 Å². The summed E-state index contributed by atoms with van der Waals surface area (Å²) in [7, 11) is 0. The highest BCUT2D eigenvalue weighted by Gasteiger charge is 2.20. The Kier molecular flexibility index (Phi) is 4.46. The zero-order valence-electron chi connectivity index (χ0n) is 10.8. The lowest BCUT2D eigenvalue weighted by atomic mass is 10.2. The van der Waals surface area contributed by atoms with Crippen LogP contribution >= 0.6 is 27.5 Å². The van der Waals surface area contributed by atoms with Crippen LogP contribution in [0.4, 0.5) is 5.69 Å². The third kappa shape index (κ3) is 3.32. The molecule has 0 bridgehead atoms. The number of hydrogen-bond acceptors (Lipinski definition) is 4. The molecule has 2 aromatic carbocycles. The highest BCUT2D eigenvalue weighted by molar-refractivity contribution is 9.10. The monoisotopic (exact) mass is 366 g/mol. The molecule has 0 atom stereocenters. The second kappa shape index (κ2) is 6.12. The second-order valence-electron chi connectivity index (χ2n) is 4.18. The first-order valence-electron chi connectivity index (χ1n) is 5.74. The average Bonchev–Trinajstić information content (AvgIpc) is 2.41. The van der Waals surface area contributed by atoms with Crippen LogP contribution in [0.25, 0.3) is 0 Å². The summed E-state index contributed by atoms with van der Waals surface area (Å²) in [5, 5.41) is 20.2. The van der Waals surface area contributed by atoms with E-state index in [4.69, 9.17) is 21.6 Å². The van der Waals surface area contributed by atoms with Gasteiger partial charge in [-0.3, -0.25) is 10.1 Å². The molecule has 0 aliphatic heterocycles. The molecule has 0 radical (unpaired) electrons. The maximum Gasteiger partial charge on any atom is 0.312 e. The fourth-order valence-electron chi connectivity index (χ4n) is 1.75. The number of nitro groups is 1. The van der Waals surface area contributed by atoms with Gasteiger partial charge in [0.2, 0.25) is 5.75 Å². The molecule has 0 amide bonds. The summed E-state index contributed by atoms with van der Waals surface area (Å²) in [5.74, 6) is 0.469. The SMILES string of the molecule is Cc1cc(Br)cc([N+](=O)[O-])c1Oc1ccc(C#N)c(Cl)c1. The van der Waals surface area contributed by atoms with Gasteiger partial charge in [0.05, 0.1) is 15.5 Å². The zero-order valence-corrected chi connectivity index (χ0v) is 13.1. The smallest absolute Gasteiger partial charge is 0.312 e. The van der Waals surface area contributed by atoms with Crippen molar-refractivity contribution in [3.05, 3.63) is 61.1 Å². The molecule has 0 aliphatic rings. The highest BCUT2D eigenvalue weighted by atomic mass is 79.9. The van der Waals surface area contributed by atoms with Crippen molar-refractivity contribution < 1.29 is 9.66 Å². The van der Waals surface area contributed by atoms with E-state index in [0.717, 1.165) is 0 Å². The average molecular weight is 368 g/mol. The number of rotatable bonds is 3. The predicted octanol–water partition coefficient (Wildman–Crippen LogP) is 4.98. The van der Waals surface area contributed by atoms with Gasteiger partial charge in [-0.15, -0.1) is 0 Å². The zero-order chi connectivity index (χ0) is 15.6. The largest absolute Gasteiger partial charge is 0.450 e. The molecule has 0 saturated heterocycles. The lowest BCUT2D eigenvalue weighted by molar-refractivity contribution is -0.385. The Balaban J connectivity index is 2.47. The Morgan fingerprint density at radius 2 is 2.10 bits per heavy atom. The molecule has 0 unspecified atom stereocenters. The van der Waals surface area contributed by atoms with Crippen molar-refractivity contribution in [3.63, 3.8) is 0 Å². The van der Waals surface area contributed by atoms with Crippen molar-refractivity contribution in [1.29, 1.82) is 5.26 Å². The minimum absolute atomic E-state index is 0.143. The quantitative estimate of drug-likeness (QED) is 0.566. The molecular formula is C14H8BrClN2O3. The minimum atomic E-state index is -0.516. The third-order valence-electron chi connectivity index (χ3n) is 2.70. The van der Waals surface area contributed by atoms with E-state index in [2.05, 4.69) is 15.9 Å². The van der Waals surface area contributed by atoms with Gasteiger partial charge in [-0.05, 0) is 30.7 Å². The maximum absolute atomic E-state index is 11.1. The first kappa shape index (κ1) is 15.3. The number of nitrogens with zero attached hydrogens (tertiary/aromatic N) is 2. The van der Waals surface area contributed by atoms with Crippen LogP contribution in [0.1, 0.15) is 11.1 Å². The predicted molar refractivity (Wildman–Crippen MR) is 81.8 cm³/mol. The molecule has 0 N–H and O–H groups in total. The minimum Gasteiger partial charge on any atom is -0.450 e. The summed E-state index contributed by atoms with van der Waals surface area (Å²) in [4.78, 5) is 10.6. The summed E-state index contributed by atoms with van der Waals surface area (Å²) in [6.45, 7) is 1.71. The van der Waals surface area contributed by atoms with Crippen molar-refractivity contribution in [1.82, 2.24) is 0 Å². The van der Waals surface area contributed by atoms with Gasteiger partial charge in [-0.25, -0.2) is 0 Å². The summed E-state index contributed by atoms with van der Waals surface area (Å²) >= 11 is 9.13. The van der Waals surface area contributed by atoms with E-state index in [1.54, 1.807) is 13.0 Å². The second-order valence-corrected chi connectivity index (χ2v) is 5.51. The first-order chi connectivity index (χ1) is 9.92. The Bertz CT molecular complexity index is 772. The van der Waals surface area contributed by atoms with Gasteiger partial charge < -0.3 is 4.74 Å². The molecule has 0 fully saturated rings. The van der Waals surface area contributed by atoms with Crippen LogP contribution in [0.15, 0.2) is 34.8 Å². The van der Waals surface area contributed by atoms with Gasteiger partial charge in [-0.2, -0.15) is 5.26 Å². The number of benzene rings is 2. The standard InChI is InChI=1S/C14H8BrClN2O3/c1-8-4-10(15)5-13(18(19)20)14(8)21-11-3-2-9(7-17)12(16)6-11/h2-6H,1H3. The Labute approximate surface area is 134 Å². The molecule has 5 nitrogen and oxygen atoms in total. The van der Waals surface area contributed by atoms with E-state index < -0.39 is 4.92 Å². The topological polar surface area (TPSA) is 76.2 Å². The summed E-state index contributed by atoms with van der Waals surface area (Å²) in [6.07, 6.45) is 0. The fraction of sp³-hybridized carbons (Fsp3) is 0.0714. The van der Waals surface area contributed by atoms with Gasteiger partial charge in [0, 0.05) is 16.6 Å². The van der Waals surface area contributed by atoms with Gasteiger partial charge in [-0.1, -0.05) is 27.5 Å². The Morgan fingerprint density at radius 1 is 1.38 bits per heavy atom. The van der Waals surface area contributed by atoms with Gasteiger partial charge in [0.15, 0.2) is 0 Å². The van der Waals surface area contributed by atoms with Crippen LogP contribution < -0.4 is 4.74 Å². The Morgan fingerprint density at radius 3 is 2.67 bits per heavy atom. The van der Waals surface area contributed by atoms with E-state index >= 15 is 0 Å². The number of nitro benzene ring substituents is 1. The lowest BCUT2D eigenvalue weighted by Gasteiger charge is -2.10. The number of nitriles is 1. The van der Waals surface area contributed by atoms with E-state index in [-0.39, 0.29) is 16.5 Å². The van der Waals surface area contributed by atoms with Crippen LogP contribution in [0.3, 0.4) is 0 Å². The molecule has 0 heterocycles. The van der Waals surface area contributed by atoms with E-state index in [1.807, 2.05) is 6.07 Å². The van der Waals surface area contributed by atoms with Crippen LogP contribution in [0.2, 0.25) is 5.02 Å². The van der Waals surface area contributed by atoms with Crippen molar-refractivity contribution >= 4 is 33.2 Å². The van der Waals surface area contributed by atoms with Gasteiger partial charge in [0.1, 0.15) is 11.8 Å². The highest BCUT2D eigenvalue weighted by Crippen LogP contribution is 2.37. The molecule has 0 spiro atoms. The van der Waals surface area contributed by atoms with Crippen molar-refractivity contribution in [2.45, 2.75) is 6.92 Å². The van der Waals surface area contributed by atoms with Gasteiger partial charge >= 0.3 is 5.69 Å². The lowest BCUT2D eigenvalue weighted by Crippen LogP contribution is -1.96. The molecule has 2 aromatic rings. The molecular weight excluding hydrogens is 360 g/mol. The third-order valence-corrected chi connectivity index (χ3v) is 3.47. The number of ether oxygens (including phenoxy) is 1. The van der Waals surface area contributed by atoms with Crippen molar-refractivity contribution in [2.24, 2.45) is 0 Å².